The molecule has 11 heteroatoms. The lowest BCUT2D eigenvalue weighted by Crippen LogP contribution is -2.42. The van der Waals surface area contributed by atoms with Gasteiger partial charge < -0.3 is 20.2 Å². The molecule has 2 aromatic rings. The summed E-state index contributed by atoms with van der Waals surface area (Å²) < 4.78 is 30.2. The van der Waals surface area contributed by atoms with Gasteiger partial charge in [-0.1, -0.05) is 29.8 Å². The highest BCUT2D eigenvalue weighted by Gasteiger charge is 2.45. The number of rotatable bonds is 6. The number of carboxylic acid groups (broad SMARTS) is 1. The summed E-state index contributed by atoms with van der Waals surface area (Å²) in [5, 5.41) is 12.3. The molecule has 1 atom stereocenters. The minimum atomic E-state index is -1.29. The number of likely N-dealkylation sites (tertiary alicyclic amines) is 1. The lowest BCUT2D eigenvalue weighted by molar-refractivity contribution is -0.137. The molecule has 2 heterocycles. The van der Waals surface area contributed by atoms with E-state index in [1.807, 2.05) is 0 Å². The van der Waals surface area contributed by atoms with Crippen molar-refractivity contribution in [3.05, 3.63) is 75.3 Å². The van der Waals surface area contributed by atoms with Crippen molar-refractivity contribution >= 4 is 46.7 Å². The summed E-state index contributed by atoms with van der Waals surface area (Å²) in [4.78, 5) is 38.9. The molecule has 1 fully saturated rings. The second kappa shape index (κ2) is 9.47. The van der Waals surface area contributed by atoms with Gasteiger partial charge in [-0.05, 0) is 43.2 Å². The Morgan fingerprint density at radius 1 is 1.20 bits per heavy atom. The van der Waals surface area contributed by atoms with Crippen LogP contribution in [-0.2, 0) is 21.5 Å². The second-order valence-corrected chi connectivity index (χ2v) is 9.28. The van der Waals surface area contributed by atoms with E-state index in [1.165, 1.54) is 23.1 Å². The number of halogens is 4. The van der Waals surface area contributed by atoms with Gasteiger partial charge >= 0.3 is 5.97 Å². The van der Waals surface area contributed by atoms with Crippen LogP contribution in [0.4, 0.5) is 14.5 Å². The summed E-state index contributed by atoms with van der Waals surface area (Å²) in [7, 11) is 0. The third-order valence-electron chi connectivity index (χ3n) is 6.33. The zero-order valence-corrected chi connectivity index (χ0v) is 19.9. The first-order valence-corrected chi connectivity index (χ1v) is 11.5. The number of benzene rings is 2. The number of nitrogens with zero attached hydrogens (tertiary/aromatic N) is 2. The topological polar surface area (TPSA) is 90.0 Å². The monoisotopic (exact) mass is 523 g/mol. The maximum atomic E-state index is 15.1. The molecule has 7 nitrogen and oxygen atoms in total. The fourth-order valence-corrected chi connectivity index (χ4v) is 5.22. The van der Waals surface area contributed by atoms with Crippen molar-refractivity contribution in [3.63, 3.8) is 0 Å². The normalized spacial score (nSPS) is 19.5. The number of carbonyl (C=O) groups excluding carboxylic acids is 2. The molecule has 4 rings (SSSR count). The summed E-state index contributed by atoms with van der Waals surface area (Å²) in [6, 6.07) is 5.07. The predicted octanol–water partition coefficient (Wildman–Crippen LogP) is 4.08. The molecule has 2 aromatic carbocycles. The van der Waals surface area contributed by atoms with Gasteiger partial charge in [0, 0.05) is 42.0 Å². The maximum absolute atomic E-state index is 15.1. The molecule has 0 saturated carbocycles. The molecule has 2 N–H and O–H groups in total. The van der Waals surface area contributed by atoms with E-state index in [0.29, 0.717) is 0 Å². The highest BCUT2D eigenvalue weighted by Crippen LogP contribution is 2.43. The fourth-order valence-electron chi connectivity index (χ4n) is 4.72. The number of amides is 2. The third-order valence-corrected chi connectivity index (χ3v) is 7.14. The van der Waals surface area contributed by atoms with Gasteiger partial charge in [0.25, 0.3) is 5.91 Å². The number of nitrogens with one attached hydrogen (secondary N) is 1. The van der Waals surface area contributed by atoms with Gasteiger partial charge in [0.1, 0.15) is 18.2 Å². The van der Waals surface area contributed by atoms with Crippen molar-refractivity contribution in [2.75, 3.05) is 31.5 Å². The summed E-state index contributed by atoms with van der Waals surface area (Å²) >= 11 is 12.6. The maximum Gasteiger partial charge on any atom is 0.323 e. The smallest absolute Gasteiger partial charge is 0.323 e. The molecule has 0 radical (unpaired) electrons. The Bertz CT molecular complexity index is 1260. The van der Waals surface area contributed by atoms with E-state index in [-0.39, 0.29) is 70.8 Å². The summed E-state index contributed by atoms with van der Waals surface area (Å²) in [6.07, 6.45) is 1.50. The molecule has 0 spiro atoms. The van der Waals surface area contributed by atoms with Crippen molar-refractivity contribution in [2.24, 2.45) is 0 Å². The van der Waals surface area contributed by atoms with Crippen molar-refractivity contribution in [1.29, 1.82) is 0 Å². The van der Waals surface area contributed by atoms with Gasteiger partial charge in [-0.2, -0.15) is 0 Å². The SMILES string of the molecule is C=CC(=O)N1CC[C@](Nc2cc(F)c3c(c2)C(=O)N(CC(=O)O)CC3)(c2c(F)ccc(Cl)c2Cl)C1. The molecule has 184 valence electrons. The molecule has 0 aliphatic carbocycles. The molecule has 1 saturated heterocycles. The van der Waals surface area contributed by atoms with Gasteiger partial charge in [0.2, 0.25) is 5.91 Å². The number of carbonyl (C=O) groups is 3. The molecule has 0 unspecified atom stereocenters. The van der Waals surface area contributed by atoms with E-state index in [2.05, 4.69) is 11.9 Å². The number of aliphatic carboxylic acids is 1. The van der Waals surface area contributed by atoms with Crippen LogP contribution in [0.15, 0.2) is 36.9 Å². The van der Waals surface area contributed by atoms with Crippen LogP contribution in [-0.4, -0.2) is 58.9 Å². The first-order chi connectivity index (χ1) is 16.6. The first-order valence-electron chi connectivity index (χ1n) is 10.7. The molecule has 35 heavy (non-hydrogen) atoms. The molecule has 2 amide bonds. The fraction of sp³-hybridized carbons (Fsp3) is 0.292. The first kappa shape index (κ1) is 24.9. The summed E-state index contributed by atoms with van der Waals surface area (Å²) in [5.74, 6) is -3.49. The van der Waals surface area contributed by atoms with E-state index in [0.717, 1.165) is 17.0 Å². The number of hydrogen-bond acceptors (Lipinski definition) is 4. The van der Waals surface area contributed by atoms with Crippen molar-refractivity contribution in [2.45, 2.75) is 18.4 Å². The van der Waals surface area contributed by atoms with Gasteiger partial charge in [-0.3, -0.25) is 14.4 Å². The Labute approximate surface area is 209 Å². The molecule has 0 aromatic heterocycles. The van der Waals surface area contributed by atoms with Gasteiger partial charge in [0.05, 0.1) is 15.6 Å². The van der Waals surface area contributed by atoms with E-state index in [4.69, 9.17) is 28.3 Å². The van der Waals surface area contributed by atoms with Crippen LogP contribution in [0.25, 0.3) is 0 Å². The number of hydrogen-bond donors (Lipinski definition) is 2. The Kier molecular flexibility index (Phi) is 6.75. The van der Waals surface area contributed by atoms with Crippen LogP contribution in [0.1, 0.15) is 27.9 Å². The summed E-state index contributed by atoms with van der Waals surface area (Å²) in [5.41, 5.74) is -0.926. The van der Waals surface area contributed by atoms with E-state index >= 15 is 8.78 Å². The Balaban J connectivity index is 1.79. The van der Waals surface area contributed by atoms with Crippen LogP contribution in [0.3, 0.4) is 0 Å². The van der Waals surface area contributed by atoms with E-state index < -0.39 is 35.6 Å². The standard InChI is InChI=1S/C24H21Cl2F2N3O4/c1-2-19(32)31-8-6-24(12-31,21-17(27)4-3-16(25)22(21)26)29-13-9-15-14(18(28)10-13)5-7-30(23(15)35)11-20(33)34/h2-4,9-10,29H,1,5-8,11-12H2,(H,33,34)/t24-/m1/s1. The lowest BCUT2D eigenvalue weighted by atomic mass is 9.87. The van der Waals surface area contributed by atoms with Crippen LogP contribution >= 0.6 is 23.2 Å². The zero-order valence-electron chi connectivity index (χ0n) is 18.4. The molecular formula is C24H21Cl2F2N3O4. The zero-order chi connectivity index (χ0) is 25.5. The quantitative estimate of drug-likeness (QED) is 0.439. The average molecular weight is 524 g/mol. The van der Waals surface area contributed by atoms with Gasteiger partial charge in [0.15, 0.2) is 0 Å². The van der Waals surface area contributed by atoms with Crippen LogP contribution in [0.2, 0.25) is 10.0 Å². The van der Waals surface area contributed by atoms with Crippen molar-refractivity contribution < 1.29 is 28.3 Å². The number of carboxylic acids is 1. The van der Waals surface area contributed by atoms with E-state index in [9.17, 15) is 14.4 Å². The summed E-state index contributed by atoms with van der Waals surface area (Å²) in [6.45, 7) is 3.27. The Hall–Kier alpha value is -3.17. The third kappa shape index (κ3) is 4.58. The predicted molar refractivity (Wildman–Crippen MR) is 127 cm³/mol. The molecule has 2 aliphatic heterocycles. The lowest BCUT2D eigenvalue weighted by Gasteiger charge is -2.34. The van der Waals surface area contributed by atoms with Gasteiger partial charge in [-0.25, -0.2) is 8.78 Å². The van der Waals surface area contributed by atoms with Crippen molar-refractivity contribution in [1.82, 2.24) is 9.80 Å². The van der Waals surface area contributed by atoms with Crippen LogP contribution in [0.5, 0.6) is 0 Å². The number of anilines is 1. The van der Waals surface area contributed by atoms with Gasteiger partial charge in [-0.15, -0.1) is 0 Å². The largest absolute Gasteiger partial charge is 0.480 e. The Morgan fingerprint density at radius 2 is 1.94 bits per heavy atom. The Morgan fingerprint density at radius 3 is 2.63 bits per heavy atom. The highest BCUT2D eigenvalue weighted by atomic mass is 35.5. The number of fused-ring (bicyclic) bond motifs is 1. The molecule has 2 aliphatic rings. The highest BCUT2D eigenvalue weighted by molar-refractivity contribution is 6.42. The van der Waals surface area contributed by atoms with Crippen LogP contribution in [0, 0.1) is 11.6 Å². The average Bonchev–Trinajstić information content (AvgIpc) is 3.22. The van der Waals surface area contributed by atoms with Crippen molar-refractivity contribution in [3.8, 4) is 0 Å². The minimum absolute atomic E-state index is 0.0167. The van der Waals surface area contributed by atoms with E-state index in [1.54, 1.807) is 0 Å². The second-order valence-electron chi connectivity index (χ2n) is 8.49. The minimum Gasteiger partial charge on any atom is -0.480 e. The molecule has 0 bridgehead atoms. The van der Waals surface area contributed by atoms with Crippen LogP contribution < -0.4 is 5.32 Å². The molecular weight excluding hydrogens is 503 g/mol.